The number of nitrogens with two attached hydrogens (primary N) is 1. The van der Waals surface area contributed by atoms with Crippen LogP contribution in [0.3, 0.4) is 0 Å². The van der Waals surface area contributed by atoms with E-state index in [-0.39, 0.29) is 0 Å². The number of nitrogen functional groups attached to an aromatic ring is 1. The fourth-order valence-electron chi connectivity index (χ4n) is 2.18. The Hall–Kier alpha value is -1.02. The van der Waals surface area contributed by atoms with Gasteiger partial charge >= 0.3 is 0 Å². The molecule has 2 heteroatoms. The van der Waals surface area contributed by atoms with Crippen molar-refractivity contribution in [2.45, 2.75) is 25.8 Å². The zero-order valence-electron chi connectivity index (χ0n) is 8.96. The smallest absolute Gasteiger partial charge is 0.0316 e. The van der Waals surface area contributed by atoms with E-state index in [0.717, 1.165) is 18.7 Å². The highest BCUT2D eigenvalue weighted by molar-refractivity contribution is 5.47. The first-order chi connectivity index (χ1) is 6.70. The quantitative estimate of drug-likeness (QED) is 0.719. The summed E-state index contributed by atoms with van der Waals surface area (Å²) < 4.78 is 0. The molecule has 1 aromatic rings. The van der Waals surface area contributed by atoms with E-state index in [1.54, 1.807) is 0 Å². The maximum absolute atomic E-state index is 5.77. The van der Waals surface area contributed by atoms with Crippen LogP contribution in [0.5, 0.6) is 0 Å². The van der Waals surface area contributed by atoms with Gasteiger partial charge in [0.25, 0.3) is 0 Å². The Morgan fingerprint density at radius 3 is 2.79 bits per heavy atom. The first-order valence-corrected chi connectivity index (χ1v) is 5.28. The minimum atomic E-state index is 0.678. The molecule has 1 atom stereocenters. The number of hydrogen-bond donors (Lipinski definition) is 1. The lowest BCUT2D eigenvalue weighted by atomic mass is 10.1. The Labute approximate surface area is 85.7 Å². The van der Waals surface area contributed by atoms with E-state index in [1.807, 2.05) is 6.07 Å². The van der Waals surface area contributed by atoms with Gasteiger partial charge < -0.3 is 10.6 Å². The summed E-state index contributed by atoms with van der Waals surface area (Å²) in [5.41, 5.74) is 9.58. The van der Waals surface area contributed by atoms with E-state index in [2.05, 4.69) is 31.0 Å². The maximum Gasteiger partial charge on any atom is 0.0316 e. The second-order valence-electron chi connectivity index (χ2n) is 4.16. The molecule has 14 heavy (non-hydrogen) atoms. The predicted octanol–water partition coefficient (Wildman–Crippen LogP) is 1.69. The second-order valence-corrected chi connectivity index (χ2v) is 4.16. The molecular weight excluding hydrogens is 172 g/mol. The molecule has 0 radical (unpaired) electrons. The standard InChI is InChI=1S/C12H18N2/c1-3-14(2)12-7-9-4-5-11(13)6-10(9)8-12/h4-6,12H,3,7-8,13H2,1-2H3. The molecule has 0 saturated heterocycles. The molecule has 0 amide bonds. The Morgan fingerprint density at radius 1 is 1.36 bits per heavy atom. The van der Waals surface area contributed by atoms with E-state index in [9.17, 15) is 0 Å². The van der Waals surface area contributed by atoms with Crippen molar-refractivity contribution in [3.63, 3.8) is 0 Å². The number of rotatable bonds is 2. The van der Waals surface area contributed by atoms with Crippen molar-refractivity contribution < 1.29 is 0 Å². The SMILES string of the molecule is CCN(C)C1Cc2ccc(N)cc2C1. The molecule has 0 fully saturated rings. The fraction of sp³-hybridized carbons (Fsp3) is 0.500. The van der Waals surface area contributed by atoms with Crippen molar-refractivity contribution in [3.05, 3.63) is 29.3 Å². The van der Waals surface area contributed by atoms with Crippen molar-refractivity contribution in [1.82, 2.24) is 4.90 Å². The zero-order valence-corrected chi connectivity index (χ0v) is 8.96. The van der Waals surface area contributed by atoms with Crippen LogP contribution < -0.4 is 5.73 Å². The van der Waals surface area contributed by atoms with E-state index >= 15 is 0 Å². The molecule has 1 aliphatic rings. The Kier molecular flexibility index (Phi) is 2.46. The average molecular weight is 190 g/mol. The monoisotopic (exact) mass is 190 g/mol. The second kappa shape index (κ2) is 3.62. The maximum atomic E-state index is 5.77. The van der Waals surface area contributed by atoms with Crippen LogP contribution >= 0.6 is 0 Å². The highest BCUT2D eigenvalue weighted by Gasteiger charge is 2.23. The third-order valence-corrected chi connectivity index (χ3v) is 3.26. The Morgan fingerprint density at radius 2 is 2.07 bits per heavy atom. The topological polar surface area (TPSA) is 29.3 Å². The average Bonchev–Trinajstić information content (AvgIpc) is 2.59. The lowest BCUT2D eigenvalue weighted by molar-refractivity contribution is 0.262. The largest absolute Gasteiger partial charge is 0.399 e. The number of nitrogens with zero attached hydrogens (tertiary/aromatic N) is 1. The summed E-state index contributed by atoms with van der Waals surface area (Å²) in [6.45, 7) is 3.32. The van der Waals surface area contributed by atoms with Crippen molar-refractivity contribution in [1.29, 1.82) is 0 Å². The number of fused-ring (bicyclic) bond motifs is 1. The van der Waals surface area contributed by atoms with Gasteiger partial charge in [0.2, 0.25) is 0 Å². The summed E-state index contributed by atoms with van der Waals surface area (Å²) >= 11 is 0. The highest BCUT2D eigenvalue weighted by Crippen LogP contribution is 2.26. The summed E-state index contributed by atoms with van der Waals surface area (Å²) in [6, 6.07) is 6.98. The molecule has 0 saturated carbocycles. The van der Waals surface area contributed by atoms with E-state index in [1.165, 1.54) is 17.5 Å². The van der Waals surface area contributed by atoms with Gasteiger partial charge in [-0.3, -0.25) is 0 Å². The molecule has 0 aliphatic heterocycles. The van der Waals surface area contributed by atoms with Gasteiger partial charge in [-0.25, -0.2) is 0 Å². The molecular formula is C12H18N2. The molecule has 1 aliphatic carbocycles. The van der Waals surface area contributed by atoms with Crippen molar-refractivity contribution >= 4 is 5.69 Å². The van der Waals surface area contributed by atoms with Gasteiger partial charge in [0, 0.05) is 11.7 Å². The number of benzene rings is 1. The molecule has 0 aromatic heterocycles. The number of anilines is 1. The van der Waals surface area contributed by atoms with Crippen LogP contribution in [0.15, 0.2) is 18.2 Å². The van der Waals surface area contributed by atoms with Gasteiger partial charge in [0.15, 0.2) is 0 Å². The van der Waals surface area contributed by atoms with Crippen LogP contribution in [0, 0.1) is 0 Å². The minimum absolute atomic E-state index is 0.678. The third-order valence-electron chi connectivity index (χ3n) is 3.26. The first-order valence-electron chi connectivity index (χ1n) is 5.28. The number of likely N-dealkylation sites (N-methyl/N-ethyl adjacent to an activating group) is 1. The molecule has 1 aromatic carbocycles. The van der Waals surface area contributed by atoms with E-state index in [0.29, 0.717) is 6.04 Å². The molecule has 0 bridgehead atoms. The van der Waals surface area contributed by atoms with Crippen LogP contribution in [0.2, 0.25) is 0 Å². The van der Waals surface area contributed by atoms with E-state index in [4.69, 9.17) is 5.73 Å². The van der Waals surface area contributed by atoms with Gasteiger partial charge in [-0.05, 0) is 49.7 Å². The molecule has 1 unspecified atom stereocenters. The van der Waals surface area contributed by atoms with Gasteiger partial charge in [-0.2, -0.15) is 0 Å². The molecule has 2 N–H and O–H groups in total. The summed E-state index contributed by atoms with van der Waals surface area (Å²) in [5, 5.41) is 0. The fourth-order valence-corrected chi connectivity index (χ4v) is 2.18. The summed E-state index contributed by atoms with van der Waals surface area (Å²) in [5.74, 6) is 0. The van der Waals surface area contributed by atoms with Gasteiger partial charge in [0.05, 0.1) is 0 Å². The van der Waals surface area contributed by atoms with Crippen molar-refractivity contribution in [3.8, 4) is 0 Å². The zero-order chi connectivity index (χ0) is 10.1. The van der Waals surface area contributed by atoms with Crippen LogP contribution in [-0.4, -0.2) is 24.5 Å². The van der Waals surface area contributed by atoms with Crippen molar-refractivity contribution in [2.24, 2.45) is 0 Å². The van der Waals surface area contributed by atoms with Gasteiger partial charge in [-0.15, -0.1) is 0 Å². The Bertz CT molecular complexity index is 333. The predicted molar refractivity (Wildman–Crippen MR) is 60.4 cm³/mol. The molecule has 76 valence electrons. The molecule has 2 nitrogen and oxygen atoms in total. The lowest BCUT2D eigenvalue weighted by Crippen LogP contribution is -2.31. The van der Waals surface area contributed by atoms with Gasteiger partial charge in [-0.1, -0.05) is 13.0 Å². The highest BCUT2D eigenvalue weighted by atomic mass is 15.1. The Balaban J connectivity index is 2.17. The molecule has 0 spiro atoms. The van der Waals surface area contributed by atoms with E-state index < -0.39 is 0 Å². The van der Waals surface area contributed by atoms with Crippen LogP contribution in [-0.2, 0) is 12.8 Å². The van der Waals surface area contributed by atoms with Crippen LogP contribution in [0.4, 0.5) is 5.69 Å². The first kappa shape index (κ1) is 9.53. The summed E-state index contributed by atoms with van der Waals surface area (Å²) in [7, 11) is 2.19. The molecule has 2 rings (SSSR count). The lowest BCUT2D eigenvalue weighted by Gasteiger charge is -2.21. The van der Waals surface area contributed by atoms with Crippen molar-refractivity contribution in [2.75, 3.05) is 19.3 Å². The molecule has 0 heterocycles. The summed E-state index contributed by atoms with van der Waals surface area (Å²) in [6.07, 6.45) is 2.34. The summed E-state index contributed by atoms with van der Waals surface area (Å²) in [4.78, 5) is 2.41. The van der Waals surface area contributed by atoms with Crippen LogP contribution in [0.25, 0.3) is 0 Å². The normalized spacial score (nSPS) is 20.1. The van der Waals surface area contributed by atoms with Gasteiger partial charge in [0.1, 0.15) is 0 Å². The third kappa shape index (κ3) is 1.62. The van der Waals surface area contributed by atoms with Crippen LogP contribution in [0.1, 0.15) is 18.1 Å². The minimum Gasteiger partial charge on any atom is -0.399 e. The number of hydrogen-bond acceptors (Lipinski definition) is 2.